The van der Waals surface area contributed by atoms with Gasteiger partial charge in [-0.1, -0.05) is 6.07 Å². The monoisotopic (exact) mass is 289 g/mol. The Morgan fingerprint density at radius 3 is 2.62 bits per heavy atom. The molecule has 0 spiro atoms. The number of rotatable bonds is 4. The first-order chi connectivity index (χ1) is 9.95. The zero-order chi connectivity index (χ0) is 15.6. The molecule has 1 aromatic heterocycles. The van der Waals surface area contributed by atoms with Gasteiger partial charge in [-0.05, 0) is 26.0 Å². The largest absolute Gasteiger partial charge is 0.383 e. The zero-order valence-electron chi connectivity index (χ0n) is 11.9. The lowest BCUT2D eigenvalue weighted by molar-refractivity contribution is -0.384. The Morgan fingerprint density at radius 1 is 1.38 bits per heavy atom. The second-order valence-corrected chi connectivity index (χ2v) is 4.47. The van der Waals surface area contributed by atoms with Gasteiger partial charge in [0.1, 0.15) is 11.3 Å². The number of benzene rings is 1. The summed E-state index contributed by atoms with van der Waals surface area (Å²) in [6.45, 7) is 3.49. The maximum Gasteiger partial charge on any atom is 0.305 e. The predicted octanol–water partition coefficient (Wildman–Crippen LogP) is 2.23. The lowest BCUT2D eigenvalue weighted by Crippen LogP contribution is -2.15. The van der Waals surface area contributed by atoms with Gasteiger partial charge >= 0.3 is 5.69 Å². The van der Waals surface area contributed by atoms with Crippen molar-refractivity contribution in [1.82, 2.24) is 10.2 Å². The summed E-state index contributed by atoms with van der Waals surface area (Å²) >= 11 is 0. The van der Waals surface area contributed by atoms with Crippen molar-refractivity contribution in [3.63, 3.8) is 0 Å². The number of H-pyrrole nitrogens is 1. The number of amides is 1. The number of aromatic amines is 1. The van der Waals surface area contributed by atoms with E-state index in [9.17, 15) is 14.9 Å². The molecule has 0 fully saturated rings. The highest BCUT2D eigenvalue weighted by Gasteiger charge is 2.24. The van der Waals surface area contributed by atoms with Gasteiger partial charge < -0.3 is 10.6 Å². The molecule has 21 heavy (non-hydrogen) atoms. The molecule has 0 radical (unpaired) electrons. The molecule has 1 heterocycles. The average molecular weight is 289 g/mol. The van der Waals surface area contributed by atoms with Gasteiger partial charge in [0.2, 0.25) is 0 Å². The highest BCUT2D eigenvalue weighted by Crippen LogP contribution is 2.29. The van der Waals surface area contributed by atoms with Gasteiger partial charge in [0.15, 0.2) is 0 Å². The fraction of sp³-hybridized carbons (Fsp3) is 0.231. The zero-order valence-corrected chi connectivity index (χ0v) is 11.9. The van der Waals surface area contributed by atoms with E-state index in [-0.39, 0.29) is 16.9 Å². The van der Waals surface area contributed by atoms with Crippen molar-refractivity contribution < 1.29 is 9.72 Å². The summed E-state index contributed by atoms with van der Waals surface area (Å²) in [6.07, 6.45) is 0. The van der Waals surface area contributed by atoms with Crippen LogP contribution >= 0.6 is 0 Å². The van der Waals surface area contributed by atoms with Gasteiger partial charge in [-0.15, -0.1) is 0 Å². The summed E-state index contributed by atoms with van der Waals surface area (Å²) < 4.78 is 0. The van der Waals surface area contributed by atoms with Crippen LogP contribution in [0.25, 0.3) is 0 Å². The van der Waals surface area contributed by atoms with Crippen molar-refractivity contribution in [1.29, 1.82) is 0 Å². The highest BCUT2D eigenvalue weighted by atomic mass is 16.6. The number of aryl methyl sites for hydroxylation is 2. The van der Waals surface area contributed by atoms with Gasteiger partial charge in [-0.3, -0.25) is 20.0 Å². The van der Waals surface area contributed by atoms with Crippen LogP contribution in [0.1, 0.15) is 21.7 Å². The number of hydrogen-bond donors (Lipinski definition) is 3. The standard InChI is InChI=1S/C13H15N5O3/c1-7-11(8(2)17-16-7)15-13(19)9-5-4-6-10(14-3)12(9)18(20)21/h4-6,14H,1-3H3,(H,15,19)(H,16,17). The summed E-state index contributed by atoms with van der Waals surface area (Å²) in [4.78, 5) is 23.0. The molecule has 0 saturated heterocycles. The average Bonchev–Trinajstić information content (AvgIpc) is 2.77. The number of carbonyl (C=O) groups excluding carboxylic acids is 1. The first-order valence-electron chi connectivity index (χ1n) is 6.23. The highest BCUT2D eigenvalue weighted by molar-refractivity contribution is 6.08. The minimum Gasteiger partial charge on any atom is -0.383 e. The van der Waals surface area contributed by atoms with Gasteiger partial charge in [0.25, 0.3) is 5.91 Å². The van der Waals surface area contributed by atoms with Crippen molar-refractivity contribution in [3.8, 4) is 0 Å². The maximum absolute atomic E-state index is 12.3. The summed E-state index contributed by atoms with van der Waals surface area (Å²) in [6, 6.07) is 4.55. The molecule has 0 bridgehead atoms. The van der Waals surface area contributed by atoms with Crippen LogP contribution in [0.15, 0.2) is 18.2 Å². The normalized spacial score (nSPS) is 10.2. The molecule has 0 unspecified atom stereocenters. The van der Waals surface area contributed by atoms with Crippen LogP contribution in [0.3, 0.4) is 0 Å². The molecule has 0 aliphatic rings. The third-order valence-corrected chi connectivity index (χ3v) is 3.10. The van der Waals surface area contributed by atoms with Crippen LogP contribution in [0.5, 0.6) is 0 Å². The molecule has 1 amide bonds. The quantitative estimate of drug-likeness (QED) is 0.590. The lowest BCUT2D eigenvalue weighted by Gasteiger charge is -2.08. The van der Waals surface area contributed by atoms with Crippen LogP contribution in [0.2, 0.25) is 0 Å². The molecular weight excluding hydrogens is 274 g/mol. The number of para-hydroxylation sites is 1. The van der Waals surface area contributed by atoms with Crippen LogP contribution in [0.4, 0.5) is 17.1 Å². The lowest BCUT2D eigenvalue weighted by atomic mass is 10.1. The molecule has 8 heteroatoms. The third kappa shape index (κ3) is 2.69. The number of nitrogens with one attached hydrogen (secondary N) is 3. The van der Waals surface area contributed by atoms with Crippen LogP contribution in [-0.2, 0) is 0 Å². The van der Waals surface area contributed by atoms with Crippen molar-refractivity contribution in [2.24, 2.45) is 0 Å². The van der Waals surface area contributed by atoms with E-state index < -0.39 is 10.8 Å². The summed E-state index contributed by atoms with van der Waals surface area (Å²) in [5, 5.41) is 23.3. The van der Waals surface area contributed by atoms with E-state index in [1.54, 1.807) is 33.0 Å². The Kier molecular flexibility index (Phi) is 3.88. The number of anilines is 2. The number of aromatic nitrogens is 2. The molecule has 0 aliphatic heterocycles. The molecule has 2 aromatic rings. The van der Waals surface area contributed by atoms with Crippen LogP contribution in [0, 0.1) is 24.0 Å². The summed E-state index contributed by atoms with van der Waals surface area (Å²) in [5.74, 6) is -0.550. The van der Waals surface area contributed by atoms with Gasteiger partial charge in [-0.2, -0.15) is 5.10 Å². The second-order valence-electron chi connectivity index (χ2n) is 4.47. The molecule has 0 aliphatic carbocycles. The van der Waals surface area contributed by atoms with E-state index in [1.807, 2.05) is 0 Å². The molecule has 2 rings (SSSR count). The number of carbonyl (C=O) groups is 1. The number of nitrogens with zero attached hydrogens (tertiary/aromatic N) is 2. The first kappa shape index (κ1) is 14.5. The van der Waals surface area contributed by atoms with Crippen molar-refractivity contribution in [2.75, 3.05) is 17.7 Å². The Morgan fingerprint density at radius 2 is 2.10 bits per heavy atom. The summed E-state index contributed by atoms with van der Waals surface area (Å²) in [5.41, 5.74) is 1.86. The topological polar surface area (TPSA) is 113 Å². The molecule has 110 valence electrons. The SMILES string of the molecule is CNc1cccc(C(=O)Nc2c(C)n[nH]c2C)c1[N+](=O)[O-]. The number of nitro benzene ring substituents is 1. The van der Waals surface area contributed by atoms with Gasteiger partial charge in [0.05, 0.1) is 22.0 Å². The molecule has 0 atom stereocenters. The number of hydrogen-bond acceptors (Lipinski definition) is 5. The molecule has 0 saturated carbocycles. The van der Waals surface area contributed by atoms with Crippen molar-refractivity contribution in [3.05, 3.63) is 45.3 Å². The van der Waals surface area contributed by atoms with E-state index in [1.165, 1.54) is 6.07 Å². The fourth-order valence-corrected chi connectivity index (χ4v) is 2.04. The van der Waals surface area contributed by atoms with E-state index in [2.05, 4.69) is 20.8 Å². The van der Waals surface area contributed by atoms with Gasteiger partial charge in [-0.25, -0.2) is 0 Å². The van der Waals surface area contributed by atoms with Crippen LogP contribution in [-0.4, -0.2) is 28.1 Å². The van der Waals surface area contributed by atoms with Crippen LogP contribution < -0.4 is 10.6 Å². The van der Waals surface area contributed by atoms with E-state index in [4.69, 9.17) is 0 Å². The minimum atomic E-state index is -0.574. The fourth-order valence-electron chi connectivity index (χ4n) is 2.04. The number of nitro groups is 1. The summed E-state index contributed by atoms with van der Waals surface area (Å²) in [7, 11) is 1.56. The van der Waals surface area contributed by atoms with Gasteiger partial charge in [0, 0.05) is 7.05 Å². The molecule has 1 aromatic carbocycles. The molecular formula is C13H15N5O3. The minimum absolute atomic E-state index is 0.00755. The Bertz CT molecular complexity index is 688. The first-order valence-corrected chi connectivity index (χ1v) is 6.23. The van der Waals surface area contributed by atoms with E-state index in [0.29, 0.717) is 17.1 Å². The molecule has 8 nitrogen and oxygen atoms in total. The predicted molar refractivity (Wildman–Crippen MR) is 78.7 cm³/mol. The third-order valence-electron chi connectivity index (χ3n) is 3.10. The Balaban J connectivity index is 2.42. The van der Waals surface area contributed by atoms with E-state index >= 15 is 0 Å². The van der Waals surface area contributed by atoms with Crippen molar-refractivity contribution >= 4 is 23.0 Å². The second kappa shape index (κ2) is 5.61. The smallest absolute Gasteiger partial charge is 0.305 e. The van der Waals surface area contributed by atoms with E-state index in [0.717, 1.165) is 0 Å². The maximum atomic E-state index is 12.3. The molecule has 3 N–H and O–H groups in total. The Hall–Kier alpha value is -2.90. The Labute approximate surface area is 120 Å². The van der Waals surface area contributed by atoms with Crippen molar-refractivity contribution in [2.45, 2.75) is 13.8 Å².